The van der Waals surface area contributed by atoms with E-state index < -0.39 is 0 Å². The van der Waals surface area contributed by atoms with Crippen LogP contribution in [0.15, 0.2) is 36.2 Å². The third-order valence-corrected chi connectivity index (χ3v) is 1.99. The van der Waals surface area contributed by atoms with Crippen molar-refractivity contribution in [3.8, 4) is 0 Å². The second kappa shape index (κ2) is 3.04. The van der Waals surface area contributed by atoms with E-state index in [1.807, 2.05) is 0 Å². The number of fused-ring (bicyclic) bond motifs is 1. The van der Waals surface area contributed by atoms with E-state index in [2.05, 4.69) is 0 Å². The largest absolute Gasteiger partial charge is 0.753 e. The molecule has 1 aliphatic heterocycles. The van der Waals surface area contributed by atoms with Gasteiger partial charge in [0.25, 0.3) is 0 Å². The van der Waals surface area contributed by atoms with Crippen LogP contribution in [-0.2, 0) is 0 Å². The molecule has 0 atom stereocenters. The van der Waals surface area contributed by atoms with E-state index in [0.29, 0.717) is 21.2 Å². The summed E-state index contributed by atoms with van der Waals surface area (Å²) in [5, 5.41) is 23.6. The Labute approximate surface area is 80.5 Å². The minimum absolute atomic E-state index is 0.138. The minimum atomic E-state index is 0.138. The van der Waals surface area contributed by atoms with E-state index in [1.54, 1.807) is 24.3 Å². The van der Waals surface area contributed by atoms with E-state index >= 15 is 0 Å². The molecule has 0 amide bonds. The lowest BCUT2D eigenvalue weighted by Gasteiger charge is -2.33. The van der Waals surface area contributed by atoms with E-state index in [-0.39, 0.29) is 5.70 Å². The van der Waals surface area contributed by atoms with Crippen molar-refractivity contribution in [3.63, 3.8) is 0 Å². The van der Waals surface area contributed by atoms with Crippen molar-refractivity contribution in [3.05, 3.63) is 46.6 Å². The smallest absolute Gasteiger partial charge is 0.239 e. The molecule has 0 fully saturated rings. The zero-order chi connectivity index (χ0) is 10.1. The van der Waals surface area contributed by atoms with Gasteiger partial charge < -0.3 is 21.2 Å². The Morgan fingerprint density at radius 3 is 2.79 bits per heavy atom. The fourth-order valence-corrected chi connectivity index (χ4v) is 1.31. The first kappa shape index (κ1) is 8.58. The van der Waals surface area contributed by atoms with Gasteiger partial charge in [-0.2, -0.15) is 4.74 Å². The second-order valence-electron chi connectivity index (χ2n) is 2.83. The minimum Gasteiger partial charge on any atom is -0.753 e. The van der Waals surface area contributed by atoms with E-state index in [9.17, 15) is 10.4 Å². The second-order valence-corrected chi connectivity index (χ2v) is 2.83. The van der Waals surface area contributed by atoms with Crippen molar-refractivity contribution < 1.29 is 4.74 Å². The molecular formula is C9H8N3O2-. The average molecular weight is 190 g/mol. The van der Waals surface area contributed by atoms with Crippen LogP contribution in [0.25, 0.3) is 0 Å². The summed E-state index contributed by atoms with van der Waals surface area (Å²) in [5.74, 6) is 0. The van der Waals surface area contributed by atoms with Crippen LogP contribution < -0.4 is 10.8 Å². The summed E-state index contributed by atoms with van der Waals surface area (Å²) in [7, 11) is 0. The normalized spacial score (nSPS) is 17.9. The summed E-state index contributed by atoms with van der Waals surface area (Å²) < 4.78 is 0.627. The van der Waals surface area contributed by atoms with Crippen molar-refractivity contribution in [2.75, 3.05) is 5.06 Å². The number of hydrogen-bond acceptors (Lipinski definition) is 4. The molecule has 72 valence electrons. The molecule has 2 N–H and O–H groups in total. The Kier molecular flexibility index (Phi) is 1.86. The molecule has 5 nitrogen and oxygen atoms in total. The average Bonchev–Trinajstić information content (AvgIpc) is 2.23. The van der Waals surface area contributed by atoms with Gasteiger partial charge in [0.1, 0.15) is 11.4 Å². The zero-order valence-corrected chi connectivity index (χ0v) is 7.25. The first-order valence-corrected chi connectivity index (χ1v) is 4.03. The molecule has 2 rings (SSSR count). The van der Waals surface area contributed by atoms with Crippen LogP contribution in [0.2, 0.25) is 0 Å². The van der Waals surface area contributed by atoms with Crippen LogP contribution in [0, 0.1) is 10.4 Å². The summed E-state index contributed by atoms with van der Waals surface area (Å²) in [6, 6.07) is 6.54. The first-order valence-electron chi connectivity index (χ1n) is 4.03. The molecule has 0 saturated carbocycles. The number of allylic oxidation sites excluding steroid dienone is 1. The van der Waals surface area contributed by atoms with Crippen LogP contribution in [0.4, 0.5) is 11.4 Å². The summed E-state index contributed by atoms with van der Waals surface area (Å²) in [6.45, 7) is 0. The van der Waals surface area contributed by atoms with Crippen LogP contribution >= 0.6 is 0 Å². The maximum atomic E-state index is 11.6. The van der Waals surface area contributed by atoms with Crippen molar-refractivity contribution in [2.24, 2.45) is 5.73 Å². The fourth-order valence-electron chi connectivity index (χ4n) is 1.31. The quantitative estimate of drug-likeness (QED) is 0.489. The van der Waals surface area contributed by atoms with E-state index in [4.69, 9.17) is 5.73 Å². The molecule has 0 spiro atoms. The molecule has 1 aromatic rings. The molecule has 1 aromatic carbocycles. The molecule has 0 bridgehead atoms. The molecular weight excluding hydrogens is 182 g/mol. The molecule has 0 radical (unpaired) electrons. The summed E-state index contributed by atoms with van der Waals surface area (Å²) in [4.78, 5) is 0. The number of hydroxylamine groups is 1. The number of rotatable bonds is 0. The third-order valence-electron chi connectivity index (χ3n) is 1.99. The summed E-state index contributed by atoms with van der Waals surface area (Å²) >= 11 is 0. The SMILES string of the molecule is NC=C1C=[N+]([O-])c2ccccc2N1[O-]. The topological polar surface area (TPSA) is 78.4 Å². The predicted molar refractivity (Wildman–Crippen MR) is 53.9 cm³/mol. The van der Waals surface area contributed by atoms with Gasteiger partial charge in [-0.15, -0.1) is 0 Å². The van der Waals surface area contributed by atoms with Crippen molar-refractivity contribution in [1.82, 2.24) is 0 Å². The van der Waals surface area contributed by atoms with Crippen LogP contribution in [0.1, 0.15) is 0 Å². The van der Waals surface area contributed by atoms with E-state index in [1.165, 1.54) is 0 Å². The third kappa shape index (κ3) is 1.11. The fraction of sp³-hybridized carbons (Fsp3) is 0. The lowest BCUT2D eigenvalue weighted by Crippen LogP contribution is -2.24. The first-order chi connectivity index (χ1) is 6.74. The lowest BCUT2D eigenvalue weighted by molar-refractivity contribution is -0.355. The van der Waals surface area contributed by atoms with Gasteiger partial charge in [-0.25, -0.2) is 0 Å². The zero-order valence-electron chi connectivity index (χ0n) is 7.25. The van der Waals surface area contributed by atoms with Crippen molar-refractivity contribution >= 4 is 17.6 Å². The monoisotopic (exact) mass is 190 g/mol. The molecule has 1 heterocycles. The Hall–Kier alpha value is -2.01. The Morgan fingerprint density at radius 1 is 1.36 bits per heavy atom. The Morgan fingerprint density at radius 2 is 2.07 bits per heavy atom. The highest BCUT2D eigenvalue weighted by molar-refractivity contribution is 5.87. The van der Waals surface area contributed by atoms with Crippen LogP contribution in [0.5, 0.6) is 0 Å². The maximum absolute atomic E-state index is 11.6. The van der Waals surface area contributed by atoms with Gasteiger partial charge >= 0.3 is 0 Å². The highest BCUT2D eigenvalue weighted by atomic mass is 16.5. The van der Waals surface area contributed by atoms with E-state index in [0.717, 1.165) is 12.4 Å². The van der Waals surface area contributed by atoms with Crippen molar-refractivity contribution in [2.45, 2.75) is 0 Å². The van der Waals surface area contributed by atoms with Gasteiger partial charge in [0.05, 0.1) is 0 Å². The number of hydrogen-bond donors (Lipinski definition) is 1. The number of nitrogens with two attached hydrogens (primary N) is 1. The molecule has 1 aliphatic rings. The Bertz CT molecular complexity index is 426. The molecule has 5 heteroatoms. The Balaban J connectivity index is 2.62. The number of nitrogens with zero attached hydrogens (tertiary/aromatic N) is 2. The number of benzene rings is 1. The maximum Gasteiger partial charge on any atom is 0.239 e. The highest BCUT2D eigenvalue weighted by Gasteiger charge is 2.18. The van der Waals surface area contributed by atoms with Gasteiger partial charge in [-0.05, 0) is 6.07 Å². The molecule has 14 heavy (non-hydrogen) atoms. The number of para-hydroxylation sites is 2. The van der Waals surface area contributed by atoms with Gasteiger partial charge in [0, 0.05) is 12.3 Å². The number of anilines is 1. The van der Waals surface area contributed by atoms with Gasteiger partial charge in [0.2, 0.25) is 11.9 Å². The van der Waals surface area contributed by atoms with Gasteiger partial charge in [-0.3, -0.25) is 0 Å². The van der Waals surface area contributed by atoms with Gasteiger partial charge in [-0.1, -0.05) is 12.1 Å². The van der Waals surface area contributed by atoms with Gasteiger partial charge in [0.15, 0.2) is 0 Å². The lowest BCUT2D eigenvalue weighted by atomic mass is 10.2. The van der Waals surface area contributed by atoms with Crippen LogP contribution in [0.3, 0.4) is 0 Å². The molecule has 0 saturated heterocycles. The summed E-state index contributed by atoms with van der Waals surface area (Å²) in [6.07, 6.45) is 2.25. The summed E-state index contributed by atoms with van der Waals surface area (Å²) in [5.41, 5.74) is 5.98. The van der Waals surface area contributed by atoms with Crippen LogP contribution in [-0.4, -0.2) is 11.0 Å². The standard InChI is InChI=1S/C9H8N3O2/c10-5-7-6-11(13)8-3-1-2-4-9(8)12(7)14/h1-6H,10H2/q-1. The molecule has 0 unspecified atom stereocenters. The van der Waals surface area contributed by atoms with Crippen molar-refractivity contribution in [1.29, 1.82) is 0 Å². The molecule has 0 aliphatic carbocycles. The predicted octanol–water partition coefficient (Wildman–Crippen LogP) is 1.02. The highest BCUT2D eigenvalue weighted by Crippen LogP contribution is 2.31. The molecule has 0 aromatic heterocycles.